The second-order valence-corrected chi connectivity index (χ2v) is 20.8. The van der Waals surface area contributed by atoms with Gasteiger partial charge in [-0.15, -0.1) is 0 Å². The molecule has 0 rings (SSSR count). The Labute approximate surface area is 294 Å². The molecule has 0 aromatic rings. The maximum absolute atomic E-state index is 12.6. The van der Waals surface area contributed by atoms with Crippen LogP contribution in [-0.2, 0) is 19.1 Å². The number of unbranched alkanes of at least 4 members (excludes halogenated alkanes) is 22. The minimum Gasteiger partial charge on any atom is -0.0885 e. The minimum absolute atomic E-state index is 0.140. The molecule has 0 heterocycles. The zero-order valence-corrected chi connectivity index (χ0v) is 33.2. The van der Waals surface area contributed by atoms with Gasteiger partial charge in [-0.25, -0.2) is 0 Å². The van der Waals surface area contributed by atoms with Gasteiger partial charge in [0.25, 0.3) is 0 Å². The van der Waals surface area contributed by atoms with Gasteiger partial charge in [0.05, 0.1) is 0 Å². The Morgan fingerprint density at radius 1 is 0.489 bits per heavy atom. The van der Waals surface area contributed by atoms with E-state index in [0.29, 0.717) is 12.8 Å². The monoisotopic (exact) mass is 681 g/mol. The molecule has 0 aromatic carbocycles. The van der Waals surface area contributed by atoms with E-state index in [1.165, 1.54) is 141 Å². The predicted molar refractivity (Wildman–Crippen MR) is 211 cm³/mol. The average molecular weight is 681 g/mol. The topological polar surface area (TPSA) is 52.6 Å². The summed E-state index contributed by atoms with van der Waals surface area (Å²) in [4.78, 5) is 25.0. The molecule has 0 spiro atoms. The number of ether oxygens (including phenoxy) is 2. The molecule has 0 saturated heterocycles. The first-order valence-corrected chi connectivity index (χ1v) is 24.1. The Morgan fingerprint density at radius 3 is 1.21 bits per heavy atom. The molecule has 0 amide bonds. The molecule has 0 fully saturated rings. The van der Waals surface area contributed by atoms with Gasteiger partial charge in [-0.2, -0.15) is 0 Å². The van der Waals surface area contributed by atoms with Crippen molar-refractivity contribution in [1.82, 2.24) is 0 Å². The van der Waals surface area contributed by atoms with Gasteiger partial charge in [-0.05, 0) is 25.7 Å². The van der Waals surface area contributed by atoms with Crippen LogP contribution in [0.3, 0.4) is 0 Å². The number of carbonyl (C=O) groups is 2. The Hall–Kier alpha value is -1.15. The van der Waals surface area contributed by atoms with Crippen molar-refractivity contribution < 1.29 is 19.1 Å². The van der Waals surface area contributed by atoms with Crippen LogP contribution in [-0.4, -0.2) is 50.8 Å². The van der Waals surface area contributed by atoms with E-state index < -0.39 is 7.26 Å². The standard InChI is InChI=1S/C42H81O4P/c1-6-8-10-12-14-16-18-20-22-24-26-28-30-32-34-36-41(43)45-38-40(39-47(3,4)5)46-42(44)37-35-33-31-29-27-25-23-21-19-17-15-13-11-9-7-2/h20-23,40,47H,6-19,24-39H2,1-5H3/b22-20-,23-21-. The summed E-state index contributed by atoms with van der Waals surface area (Å²) in [5.74, 6) is -0.296. The number of hydrogen-bond donors (Lipinski definition) is 0. The van der Waals surface area contributed by atoms with E-state index in [1.807, 2.05) is 0 Å². The van der Waals surface area contributed by atoms with Crippen LogP contribution in [0, 0.1) is 0 Å². The van der Waals surface area contributed by atoms with E-state index in [-0.39, 0.29) is 24.6 Å². The van der Waals surface area contributed by atoms with Gasteiger partial charge < -0.3 is 0 Å². The van der Waals surface area contributed by atoms with Crippen LogP contribution >= 0.6 is 7.26 Å². The molecule has 0 aliphatic heterocycles. The van der Waals surface area contributed by atoms with Crippen molar-refractivity contribution in [3.8, 4) is 0 Å². The van der Waals surface area contributed by atoms with Gasteiger partial charge in [0, 0.05) is 0 Å². The molecule has 0 aliphatic carbocycles. The molecule has 0 bridgehead atoms. The van der Waals surface area contributed by atoms with Crippen LogP contribution in [0.2, 0.25) is 0 Å². The molecule has 1 unspecified atom stereocenters. The molecule has 0 N–H and O–H groups in total. The van der Waals surface area contributed by atoms with Crippen LogP contribution in [0.5, 0.6) is 0 Å². The minimum atomic E-state index is -1.48. The van der Waals surface area contributed by atoms with Crippen molar-refractivity contribution in [1.29, 1.82) is 0 Å². The number of esters is 2. The van der Waals surface area contributed by atoms with Gasteiger partial charge in [0.2, 0.25) is 0 Å². The molecule has 47 heavy (non-hydrogen) atoms. The molecule has 0 aromatic heterocycles. The molecule has 5 heteroatoms. The van der Waals surface area contributed by atoms with Crippen LogP contribution in [0.15, 0.2) is 24.3 Å². The van der Waals surface area contributed by atoms with Crippen molar-refractivity contribution >= 4 is 19.2 Å². The summed E-state index contributed by atoms with van der Waals surface area (Å²) >= 11 is 0. The fourth-order valence-corrected chi connectivity index (χ4v) is 7.57. The molecule has 4 nitrogen and oxygen atoms in total. The summed E-state index contributed by atoms with van der Waals surface area (Å²) in [6.07, 6.45) is 43.2. The van der Waals surface area contributed by atoms with Gasteiger partial charge in [-0.1, -0.05) is 96.3 Å². The number of rotatable bonds is 35. The fourth-order valence-electron chi connectivity index (χ4n) is 6.00. The predicted octanol–water partition coefficient (Wildman–Crippen LogP) is 13.2. The third kappa shape index (κ3) is 37.5. The van der Waals surface area contributed by atoms with Crippen molar-refractivity contribution in [3.05, 3.63) is 24.3 Å². The number of carbonyl (C=O) groups excluding carboxylic acids is 2. The SMILES string of the molecule is CCCCCCCC/C=C\CCCCCCCC(=O)OCC(C[PH](C)(C)C)OC(=O)CCCCCCC/C=C\CCCCCCCC. The van der Waals surface area contributed by atoms with Gasteiger partial charge in [0.15, 0.2) is 0 Å². The van der Waals surface area contributed by atoms with Crippen molar-refractivity contribution in [2.75, 3.05) is 32.8 Å². The van der Waals surface area contributed by atoms with Crippen LogP contribution in [0.1, 0.15) is 194 Å². The second-order valence-electron chi connectivity index (χ2n) is 15.2. The third-order valence-corrected chi connectivity index (χ3v) is 10.5. The van der Waals surface area contributed by atoms with Crippen LogP contribution in [0.25, 0.3) is 0 Å². The Kier molecular flexibility index (Phi) is 33.9. The quantitative estimate of drug-likeness (QED) is 0.0289. The normalized spacial score (nSPS) is 13.0. The van der Waals surface area contributed by atoms with Crippen LogP contribution in [0.4, 0.5) is 0 Å². The zero-order valence-electron chi connectivity index (χ0n) is 32.2. The molecule has 1 atom stereocenters. The summed E-state index contributed by atoms with van der Waals surface area (Å²) in [5.41, 5.74) is 0. The van der Waals surface area contributed by atoms with E-state index in [1.54, 1.807) is 0 Å². The first-order valence-electron chi connectivity index (χ1n) is 20.4. The summed E-state index contributed by atoms with van der Waals surface area (Å²) in [6, 6.07) is 0. The second kappa shape index (κ2) is 34.7. The van der Waals surface area contributed by atoms with E-state index in [9.17, 15) is 9.59 Å². The summed E-state index contributed by atoms with van der Waals surface area (Å²) in [7, 11) is -1.48. The molecule has 278 valence electrons. The summed E-state index contributed by atoms with van der Waals surface area (Å²) < 4.78 is 11.4. The third-order valence-electron chi connectivity index (χ3n) is 8.85. The molecular weight excluding hydrogens is 599 g/mol. The van der Waals surface area contributed by atoms with E-state index in [0.717, 1.165) is 31.8 Å². The van der Waals surface area contributed by atoms with Gasteiger partial charge in [0.1, 0.15) is 0 Å². The Morgan fingerprint density at radius 2 is 0.830 bits per heavy atom. The van der Waals surface area contributed by atoms with E-state index in [4.69, 9.17) is 9.47 Å². The van der Waals surface area contributed by atoms with Gasteiger partial charge in [-0.3, -0.25) is 0 Å². The van der Waals surface area contributed by atoms with E-state index in [2.05, 4.69) is 58.1 Å². The fraction of sp³-hybridized carbons (Fsp3) is 0.857. The molecule has 0 saturated carbocycles. The molecular formula is C42H81O4P. The van der Waals surface area contributed by atoms with Gasteiger partial charge >= 0.3 is 173 Å². The average Bonchev–Trinajstić information content (AvgIpc) is 3.03. The number of allylic oxidation sites excluding steroid dienone is 4. The first-order chi connectivity index (χ1) is 22.8. The molecule has 0 aliphatic rings. The van der Waals surface area contributed by atoms with Crippen molar-refractivity contribution in [2.45, 2.75) is 200 Å². The maximum atomic E-state index is 12.6. The Balaban J connectivity index is 3.89. The zero-order chi connectivity index (χ0) is 34.7. The number of hydrogen-bond acceptors (Lipinski definition) is 4. The summed E-state index contributed by atoms with van der Waals surface area (Å²) in [6.45, 7) is 11.5. The van der Waals surface area contributed by atoms with Crippen LogP contribution < -0.4 is 0 Å². The Bertz CT molecular complexity index is 754. The molecule has 0 radical (unpaired) electrons. The smallest absolute Gasteiger partial charge is 0.0885 e. The van der Waals surface area contributed by atoms with E-state index >= 15 is 0 Å². The van der Waals surface area contributed by atoms with Crippen molar-refractivity contribution in [2.24, 2.45) is 0 Å². The first kappa shape index (κ1) is 45.9. The van der Waals surface area contributed by atoms with Crippen molar-refractivity contribution in [3.63, 3.8) is 0 Å². The summed E-state index contributed by atoms with van der Waals surface area (Å²) in [5, 5.41) is 0.